The smallest absolute Gasteiger partial charge is 0.263 e. The first kappa shape index (κ1) is 13.4. The second-order valence-electron chi connectivity index (χ2n) is 4.85. The third kappa shape index (κ3) is 1.93. The van der Waals surface area contributed by atoms with Gasteiger partial charge >= 0.3 is 0 Å². The molecular formula is C13H14ClNO2S. The van der Waals surface area contributed by atoms with Gasteiger partial charge in [0.25, 0.3) is 11.8 Å². The van der Waals surface area contributed by atoms with Crippen molar-refractivity contribution >= 4 is 35.2 Å². The van der Waals surface area contributed by atoms with Crippen molar-refractivity contribution in [3.63, 3.8) is 0 Å². The molecule has 96 valence electrons. The molecule has 0 saturated heterocycles. The topological polar surface area (TPSA) is 37.4 Å². The Hall–Kier alpha value is -1.00. The molecule has 1 aliphatic heterocycles. The Kier molecular flexibility index (Phi) is 3.43. The molecule has 5 heteroatoms. The number of imide groups is 1. The quantitative estimate of drug-likeness (QED) is 0.800. The van der Waals surface area contributed by atoms with Gasteiger partial charge in [-0.05, 0) is 32.2 Å². The van der Waals surface area contributed by atoms with E-state index in [0.717, 1.165) is 0 Å². The van der Waals surface area contributed by atoms with Crippen LogP contribution in [0.5, 0.6) is 0 Å². The minimum Gasteiger partial charge on any atom is -0.269 e. The van der Waals surface area contributed by atoms with Crippen LogP contribution in [-0.4, -0.2) is 34.3 Å². The summed E-state index contributed by atoms with van der Waals surface area (Å²) in [6, 6.07) is 4.98. The third-order valence-electron chi connectivity index (χ3n) is 2.97. The Labute approximate surface area is 115 Å². The van der Waals surface area contributed by atoms with Crippen molar-refractivity contribution in [1.82, 2.24) is 4.90 Å². The van der Waals surface area contributed by atoms with E-state index in [1.165, 1.54) is 4.90 Å². The molecule has 0 saturated carbocycles. The van der Waals surface area contributed by atoms with Gasteiger partial charge in [0.05, 0.1) is 21.7 Å². The lowest BCUT2D eigenvalue weighted by atomic mass is 10.1. The van der Waals surface area contributed by atoms with Crippen LogP contribution in [-0.2, 0) is 0 Å². The van der Waals surface area contributed by atoms with E-state index >= 15 is 0 Å². The van der Waals surface area contributed by atoms with Gasteiger partial charge in [0.1, 0.15) is 0 Å². The summed E-state index contributed by atoms with van der Waals surface area (Å²) in [6.07, 6.45) is 1.95. The van der Waals surface area contributed by atoms with Crippen LogP contribution in [0.25, 0.3) is 0 Å². The van der Waals surface area contributed by atoms with Gasteiger partial charge in [-0.1, -0.05) is 17.7 Å². The predicted molar refractivity (Wildman–Crippen MR) is 74.4 cm³/mol. The SMILES string of the molecule is CSCC(C)(C)N1C(=O)c2cccc(Cl)c2C1=O. The molecule has 1 heterocycles. The number of halogens is 1. The number of carbonyl (C=O) groups is 2. The number of thioether (sulfide) groups is 1. The number of carbonyl (C=O) groups excluding carboxylic acids is 2. The molecule has 3 nitrogen and oxygen atoms in total. The molecule has 0 bridgehead atoms. The molecule has 0 atom stereocenters. The van der Waals surface area contributed by atoms with E-state index in [2.05, 4.69) is 0 Å². The first-order chi connectivity index (χ1) is 8.40. The molecule has 0 spiro atoms. The summed E-state index contributed by atoms with van der Waals surface area (Å²) in [4.78, 5) is 26.0. The van der Waals surface area contributed by atoms with Crippen LogP contribution < -0.4 is 0 Å². The van der Waals surface area contributed by atoms with Gasteiger partial charge in [-0.15, -0.1) is 0 Å². The zero-order valence-electron chi connectivity index (χ0n) is 10.5. The number of rotatable bonds is 3. The molecule has 1 aromatic carbocycles. The number of nitrogens with zero attached hydrogens (tertiary/aromatic N) is 1. The first-order valence-electron chi connectivity index (χ1n) is 5.56. The summed E-state index contributed by atoms with van der Waals surface area (Å²) >= 11 is 7.62. The summed E-state index contributed by atoms with van der Waals surface area (Å²) in [5, 5.41) is 0.341. The van der Waals surface area contributed by atoms with Crippen LogP contribution in [0.1, 0.15) is 34.6 Å². The number of amides is 2. The molecule has 0 unspecified atom stereocenters. The summed E-state index contributed by atoms with van der Waals surface area (Å²) in [5.41, 5.74) is 0.218. The van der Waals surface area contributed by atoms with Crippen molar-refractivity contribution in [2.24, 2.45) is 0 Å². The molecule has 1 aliphatic rings. The fourth-order valence-corrected chi connectivity index (χ4v) is 3.30. The van der Waals surface area contributed by atoms with Gasteiger partial charge in [0.15, 0.2) is 0 Å². The van der Waals surface area contributed by atoms with E-state index in [4.69, 9.17) is 11.6 Å². The Morgan fingerprint density at radius 1 is 1.28 bits per heavy atom. The highest BCUT2D eigenvalue weighted by molar-refractivity contribution is 7.98. The van der Waals surface area contributed by atoms with Gasteiger partial charge in [-0.3, -0.25) is 14.5 Å². The highest BCUT2D eigenvalue weighted by atomic mass is 35.5. The zero-order chi connectivity index (χ0) is 13.5. The first-order valence-corrected chi connectivity index (χ1v) is 7.33. The Bertz CT molecular complexity index is 528. The normalized spacial score (nSPS) is 15.2. The molecule has 0 radical (unpaired) electrons. The van der Waals surface area contributed by atoms with Crippen molar-refractivity contribution in [3.05, 3.63) is 34.3 Å². The van der Waals surface area contributed by atoms with Crippen LogP contribution in [0.3, 0.4) is 0 Å². The molecule has 2 rings (SSSR count). The summed E-state index contributed by atoms with van der Waals surface area (Å²) < 4.78 is 0. The molecule has 0 fully saturated rings. The van der Waals surface area contributed by atoms with E-state index in [1.807, 2.05) is 20.1 Å². The monoisotopic (exact) mass is 283 g/mol. The van der Waals surface area contributed by atoms with Crippen molar-refractivity contribution in [2.75, 3.05) is 12.0 Å². The zero-order valence-corrected chi connectivity index (χ0v) is 12.1. The standard InChI is InChI=1S/C13H14ClNO2S/c1-13(2,7-18-3)15-11(16)8-5-4-6-9(14)10(8)12(15)17/h4-6H,7H2,1-3H3. The lowest BCUT2D eigenvalue weighted by Crippen LogP contribution is -2.49. The molecule has 1 aromatic rings. The Morgan fingerprint density at radius 3 is 2.50 bits per heavy atom. The van der Waals surface area contributed by atoms with Gasteiger partial charge in [-0.2, -0.15) is 11.8 Å². The fraction of sp³-hybridized carbons (Fsp3) is 0.385. The third-order valence-corrected chi connectivity index (χ3v) is 4.28. The Morgan fingerprint density at radius 2 is 1.94 bits per heavy atom. The molecule has 0 aromatic heterocycles. The number of fused-ring (bicyclic) bond motifs is 1. The van der Waals surface area contributed by atoms with Crippen molar-refractivity contribution in [3.8, 4) is 0 Å². The van der Waals surface area contributed by atoms with Gasteiger partial charge in [0.2, 0.25) is 0 Å². The minimum atomic E-state index is -0.518. The number of hydrogen-bond acceptors (Lipinski definition) is 3. The molecule has 18 heavy (non-hydrogen) atoms. The predicted octanol–water partition coefficient (Wildman–Crippen LogP) is 3.08. The van der Waals surface area contributed by atoms with Crippen LogP contribution >= 0.6 is 23.4 Å². The molecule has 0 aliphatic carbocycles. The van der Waals surface area contributed by atoms with Crippen LogP contribution in [0.15, 0.2) is 18.2 Å². The van der Waals surface area contributed by atoms with Crippen LogP contribution in [0.2, 0.25) is 5.02 Å². The highest BCUT2D eigenvalue weighted by Gasteiger charge is 2.44. The van der Waals surface area contributed by atoms with Crippen molar-refractivity contribution < 1.29 is 9.59 Å². The molecular weight excluding hydrogens is 270 g/mol. The average Bonchev–Trinajstić information content (AvgIpc) is 2.53. The van der Waals surface area contributed by atoms with E-state index in [-0.39, 0.29) is 11.8 Å². The second kappa shape index (κ2) is 4.59. The lowest BCUT2D eigenvalue weighted by Gasteiger charge is -2.33. The highest BCUT2D eigenvalue weighted by Crippen LogP contribution is 2.34. The minimum absolute atomic E-state index is 0.253. The molecule has 2 amide bonds. The Balaban J connectivity index is 2.50. The van der Waals surface area contributed by atoms with E-state index in [1.54, 1.807) is 30.0 Å². The number of benzene rings is 1. The maximum atomic E-state index is 12.4. The van der Waals surface area contributed by atoms with Gasteiger partial charge in [-0.25, -0.2) is 0 Å². The maximum Gasteiger partial charge on any atom is 0.263 e. The number of hydrogen-bond donors (Lipinski definition) is 0. The molecule has 0 N–H and O–H groups in total. The van der Waals surface area contributed by atoms with Gasteiger partial charge < -0.3 is 0 Å². The van der Waals surface area contributed by atoms with E-state index in [0.29, 0.717) is 21.9 Å². The van der Waals surface area contributed by atoms with Crippen molar-refractivity contribution in [1.29, 1.82) is 0 Å². The average molecular weight is 284 g/mol. The summed E-state index contributed by atoms with van der Waals surface area (Å²) in [7, 11) is 0. The van der Waals surface area contributed by atoms with E-state index < -0.39 is 5.54 Å². The second-order valence-corrected chi connectivity index (χ2v) is 6.13. The lowest BCUT2D eigenvalue weighted by molar-refractivity contribution is 0.0514. The maximum absolute atomic E-state index is 12.4. The van der Waals surface area contributed by atoms with Crippen LogP contribution in [0, 0.1) is 0 Å². The van der Waals surface area contributed by atoms with Gasteiger partial charge in [0, 0.05) is 5.75 Å². The summed E-state index contributed by atoms with van der Waals surface area (Å²) in [6.45, 7) is 3.78. The van der Waals surface area contributed by atoms with E-state index in [9.17, 15) is 9.59 Å². The fourth-order valence-electron chi connectivity index (χ4n) is 2.21. The van der Waals surface area contributed by atoms with Crippen molar-refractivity contribution in [2.45, 2.75) is 19.4 Å². The summed E-state index contributed by atoms with van der Waals surface area (Å²) in [5.74, 6) is 0.145. The van der Waals surface area contributed by atoms with Crippen LogP contribution in [0.4, 0.5) is 0 Å². The largest absolute Gasteiger partial charge is 0.269 e.